The summed E-state index contributed by atoms with van der Waals surface area (Å²) in [6, 6.07) is 1.98. The molecule has 170 valence electrons. The molecule has 1 aromatic rings. The molecule has 1 aromatic carbocycles. The van der Waals surface area contributed by atoms with Gasteiger partial charge in [-0.1, -0.05) is 36.6 Å². The van der Waals surface area contributed by atoms with Gasteiger partial charge in [-0.15, -0.1) is 0 Å². The molecule has 0 spiro atoms. The first kappa shape index (κ1) is 22.8. The van der Waals surface area contributed by atoms with E-state index in [2.05, 4.69) is 19.1 Å². The molecule has 4 rings (SSSR count). The Balaban J connectivity index is 1.36. The highest BCUT2D eigenvalue weighted by atomic mass is 35.5. The summed E-state index contributed by atoms with van der Waals surface area (Å²) in [5.41, 5.74) is 0. The predicted molar refractivity (Wildman–Crippen MR) is 119 cm³/mol. The third kappa shape index (κ3) is 5.16. The third-order valence-electron chi connectivity index (χ3n) is 8.11. The molecule has 3 aliphatic carbocycles. The number of hydrogen-bond donors (Lipinski definition) is 0. The zero-order valence-corrected chi connectivity index (χ0v) is 19.1. The summed E-state index contributed by atoms with van der Waals surface area (Å²) in [6.45, 7) is 2.11. The smallest absolute Gasteiger partial charge is 0.314 e. The highest BCUT2D eigenvalue weighted by molar-refractivity contribution is 6.30. The quantitative estimate of drug-likeness (QED) is 0.203. The van der Waals surface area contributed by atoms with E-state index in [0.717, 1.165) is 49.1 Å². The second kappa shape index (κ2) is 10.0. The summed E-state index contributed by atoms with van der Waals surface area (Å²) in [4.78, 5) is 12.9. The topological polar surface area (TPSA) is 26.3 Å². The van der Waals surface area contributed by atoms with Crippen LogP contribution in [0.3, 0.4) is 0 Å². The molecule has 0 amide bonds. The van der Waals surface area contributed by atoms with Crippen LogP contribution in [0.4, 0.5) is 8.78 Å². The molecular formula is C26H33ClF2O2. The maximum absolute atomic E-state index is 13.7. The van der Waals surface area contributed by atoms with Gasteiger partial charge < -0.3 is 4.74 Å². The van der Waals surface area contributed by atoms with Crippen molar-refractivity contribution in [2.45, 2.75) is 71.1 Å². The molecular weight excluding hydrogens is 418 g/mol. The third-order valence-corrected chi connectivity index (χ3v) is 8.48. The predicted octanol–water partition coefficient (Wildman–Crippen LogP) is 7.74. The fourth-order valence-corrected chi connectivity index (χ4v) is 6.69. The first-order valence-corrected chi connectivity index (χ1v) is 12.3. The Morgan fingerprint density at radius 3 is 2.32 bits per heavy atom. The highest BCUT2D eigenvalue weighted by Gasteiger charge is 2.43. The Bertz CT molecular complexity index is 793. The van der Waals surface area contributed by atoms with Crippen LogP contribution in [-0.4, -0.2) is 5.97 Å². The van der Waals surface area contributed by atoms with Gasteiger partial charge in [-0.05, 0) is 87.9 Å². The standard InChI is InChI=1S/C26H33ClF2O2/c1-2-4-16-7-9-17(10-8-16)18-11-12-21-19(13-18)5-3-6-22(21)26(30)31-20-14-23(28)25(27)24(29)15-20/h2,4,14-19,21-22H,3,5-13H2,1H3/b4-2+. The van der Waals surface area contributed by atoms with Crippen molar-refractivity contribution in [2.75, 3.05) is 0 Å². The number of ether oxygens (including phenoxy) is 1. The number of esters is 1. The van der Waals surface area contributed by atoms with Crippen LogP contribution in [0.5, 0.6) is 5.75 Å². The maximum atomic E-state index is 13.7. The molecule has 4 atom stereocenters. The normalized spacial score (nSPS) is 33.8. The molecule has 2 nitrogen and oxygen atoms in total. The molecule has 31 heavy (non-hydrogen) atoms. The zero-order valence-electron chi connectivity index (χ0n) is 18.3. The van der Waals surface area contributed by atoms with E-state index in [4.69, 9.17) is 16.3 Å². The Morgan fingerprint density at radius 2 is 1.65 bits per heavy atom. The Labute approximate surface area is 189 Å². The first-order chi connectivity index (χ1) is 15.0. The second-order valence-corrected chi connectivity index (χ2v) is 10.2. The number of halogens is 3. The second-order valence-electron chi connectivity index (χ2n) is 9.86. The lowest BCUT2D eigenvalue weighted by molar-refractivity contribution is -0.144. The molecule has 0 heterocycles. The molecule has 0 aromatic heterocycles. The largest absolute Gasteiger partial charge is 0.426 e. The average Bonchev–Trinajstić information content (AvgIpc) is 2.77. The minimum atomic E-state index is -0.907. The SMILES string of the molecule is C/C=C/C1CCC(C2CCC3C(CCCC3C(=O)Oc3cc(F)c(Cl)c(F)c3)C2)CC1. The van der Waals surface area contributed by atoms with E-state index in [-0.39, 0.29) is 17.6 Å². The number of allylic oxidation sites excluding steroid dienone is 2. The van der Waals surface area contributed by atoms with Crippen molar-refractivity contribution in [3.05, 3.63) is 40.9 Å². The molecule has 3 aliphatic rings. The molecule has 4 unspecified atom stereocenters. The number of fused-ring (bicyclic) bond motifs is 1. The molecule has 0 aliphatic heterocycles. The molecule has 3 fully saturated rings. The van der Waals surface area contributed by atoms with E-state index in [1.165, 1.54) is 44.9 Å². The maximum Gasteiger partial charge on any atom is 0.314 e. The average molecular weight is 451 g/mol. The Kier molecular flexibility index (Phi) is 7.36. The molecule has 0 N–H and O–H groups in total. The van der Waals surface area contributed by atoms with Gasteiger partial charge in [-0.2, -0.15) is 0 Å². The van der Waals surface area contributed by atoms with E-state index in [0.29, 0.717) is 11.8 Å². The van der Waals surface area contributed by atoms with E-state index >= 15 is 0 Å². The molecule has 0 bridgehead atoms. The van der Waals surface area contributed by atoms with Crippen LogP contribution < -0.4 is 4.74 Å². The summed E-state index contributed by atoms with van der Waals surface area (Å²) in [5.74, 6) is 0.833. The summed E-state index contributed by atoms with van der Waals surface area (Å²) < 4.78 is 32.9. The molecule has 0 saturated heterocycles. The van der Waals surface area contributed by atoms with E-state index in [1.807, 2.05) is 0 Å². The van der Waals surface area contributed by atoms with E-state index < -0.39 is 16.7 Å². The van der Waals surface area contributed by atoms with Gasteiger partial charge >= 0.3 is 5.97 Å². The van der Waals surface area contributed by atoms with Gasteiger partial charge in [0.25, 0.3) is 0 Å². The van der Waals surface area contributed by atoms with Gasteiger partial charge in [0, 0.05) is 12.1 Å². The van der Waals surface area contributed by atoms with Gasteiger partial charge in [0.2, 0.25) is 0 Å². The van der Waals surface area contributed by atoms with Gasteiger partial charge in [0.1, 0.15) is 22.4 Å². The van der Waals surface area contributed by atoms with Crippen LogP contribution in [0.15, 0.2) is 24.3 Å². The lowest BCUT2D eigenvalue weighted by Gasteiger charge is -2.45. The number of benzene rings is 1. The van der Waals surface area contributed by atoms with Crippen molar-refractivity contribution in [2.24, 2.45) is 35.5 Å². The van der Waals surface area contributed by atoms with Gasteiger partial charge in [0.15, 0.2) is 0 Å². The fourth-order valence-electron chi connectivity index (χ4n) is 6.58. The Morgan fingerprint density at radius 1 is 0.968 bits per heavy atom. The molecule has 3 saturated carbocycles. The van der Waals surface area contributed by atoms with Crippen LogP contribution in [0.1, 0.15) is 71.1 Å². The van der Waals surface area contributed by atoms with Crippen LogP contribution in [0, 0.1) is 47.1 Å². The van der Waals surface area contributed by atoms with Crippen molar-refractivity contribution in [3.8, 4) is 5.75 Å². The minimum absolute atomic E-state index is 0.0990. The molecule has 0 radical (unpaired) electrons. The number of carbonyl (C=O) groups is 1. The highest BCUT2D eigenvalue weighted by Crippen LogP contribution is 2.50. The Hall–Kier alpha value is -1.42. The first-order valence-electron chi connectivity index (χ1n) is 11.9. The van der Waals surface area contributed by atoms with Crippen LogP contribution in [-0.2, 0) is 4.79 Å². The van der Waals surface area contributed by atoms with Gasteiger partial charge in [-0.3, -0.25) is 4.79 Å². The summed E-state index contributed by atoms with van der Waals surface area (Å²) in [6.07, 6.45) is 16.3. The van der Waals surface area contributed by atoms with Crippen molar-refractivity contribution in [3.63, 3.8) is 0 Å². The van der Waals surface area contributed by atoms with E-state index in [1.54, 1.807) is 0 Å². The summed E-state index contributed by atoms with van der Waals surface area (Å²) in [7, 11) is 0. The number of carbonyl (C=O) groups excluding carboxylic acids is 1. The number of hydrogen-bond acceptors (Lipinski definition) is 2. The lowest BCUT2D eigenvalue weighted by atomic mass is 9.59. The summed E-state index contributed by atoms with van der Waals surface area (Å²) >= 11 is 5.53. The van der Waals surface area contributed by atoms with Crippen molar-refractivity contribution in [1.29, 1.82) is 0 Å². The van der Waals surface area contributed by atoms with Crippen molar-refractivity contribution >= 4 is 17.6 Å². The van der Waals surface area contributed by atoms with Crippen molar-refractivity contribution in [1.82, 2.24) is 0 Å². The van der Waals surface area contributed by atoms with Gasteiger partial charge in [-0.25, -0.2) is 8.78 Å². The minimum Gasteiger partial charge on any atom is -0.426 e. The van der Waals surface area contributed by atoms with E-state index in [9.17, 15) is 13.6 Å². The fraction of sp³-hybridized carbons (Fsp3) is 0.654. The summed E-state index contributed by atoms with van der Waals surface area (Å²) in [5, 5.41) is -0.574. The number of rotatable bonds is 4. The van der Waals surface area contributed by atoms with Crippen molar-refractivity contribution < 1.29 is 18.3 Å². The van der Waals surface area contributed by atoms with Crippen LogP contribution in [0.2, 0.25) is 5.02 Å². The molecule has 5 heteroatoms. The van der Waals surface area contributed by atoms with Crippen LogP contribution >= 0.6 is 11.6 Å². The van der Waals surface area contributed by atoms with Gasteiger partial charge in [0.05, 0.1) is 5.92 Å². The van der Waals surface area contributed by atoms with Crippen LogP contribution in [0.25, 0.3) is 0 Å². The lowest BCUT2D eigenvalue weighted by Crippen LogP contribution is -2.40. The monoisotopic (exact) mass is 450 g/mol. The zero-order chi connectivity index (χ0) is 22.0.